The number of aromatic nitrogens is 1. The zero-order valence-corrected chi connectivity index (χ0v) is 11.2. The molecule has 0 spiro atoms. The molecule has 0 fully saturated rings. The number of hydrogen-bond donors (Lipinski definition) is 0. The summed E-state index contributed by atoms with van der Waals surface area (Å²) in [5, 5.41) is 3.82. The molecule has 1 rings (SSSR count). The summed E-state index contributed by atoms with van der Waals surface area (Å²) in [6.45, 7) is 9.60. The molecule has 0 aromatic carbocycles. The second-order valence-electron chi connectivity index (χ2n) is 5.20. The number of ether oxygens (including phenoxy) is 1. The summed E-state index contributed by atoms with van der Waals surface area (Å²) in [4.78, 5) is 12.0. The Bertz CT molecular complexity index is 376. The normalized spacial score (nSPS) is 13.7. The maximum absolute atomic E-state index is 12.0. The first kappa shape index (κ1) is 13.9. The molecule has 4 heteroatoms. The van der Waals surface area contributed by atoms with E-state index in [1.165, 1.54) is 0 Å². The monoisotopic (exact) mass is 239 g/mol. The molecule has 0 saturated heterocycles. The van der Waals surface area contributed by atoms with Crippen LogP contribution in [-0.2, 0) is 16.0 Å². The fraction of sp³-hybridized carbons (Fsp3) is 0.692. The molecule has 0 saturated carbocycles. The topological polar surface area (TPSA) is 52.3 Å². The van der Waals surface area contributed by atoms with Gasteiger partial charge in [-0.1, -0.05) is 12.1 Å². The maximum Gasteiger partial charge on any atom is 0.167 e. The van der Waals surface area contributed by atoms with Crippen molar-refractivity contribution in [2.75, 3.05) is 0 Å². The van der Waals surface area contributed by atoms with Crippen LogP contribution in [0.4, 0.5) is 0 Å². The fourth-order valence-corrected chi connectivity index (χ4v) is 1.60. The molecule has 0 aliphatic rings. The Kier molecular flexibility index (Phi) is 4.46. The molecule has 1 unspecified atom stereocenters. The van der Waals surface area contributed by atoms with Crippen molar-refractivity contribution >= 4 is 5.78 Å². The Morgan fingerprint density at radius 3 is 2.59 bits per heavy atom. The van der Waals surface area contributed by atoms with E-state index < -0.39 is 0 Å². The van der Waals surface area contributed by atoms with Gasteiger partial charge in [0.25, 0.3) is 0 Å². The van der Waals surface area contributed by atoms with Gasteiger partial charge in [-0.3, -0.25) is 4.79 Å². The average molecular weight is 239 g/mol. The van der Waals surface area contributed by atoms with Gasteiger partial charge in [0.05, 0.1) is 17.7 Å². The lowest BCUT2D eigenvalue weighted by Gasteiger charge is -2.25. The van der Waals surface area contributed by atoms with Crippen LogP contribution in [0.25, 0.3) is 0 Å². The number of nitrogens with zero attached hydrogens (tertiary/aromatic N) is 1. The van der Waals surface area contributed by atoms with Crippen LogP contribution in [0.1, 0.15) is 45.6 Å². The van der Waals surface area contributed by atoms with Crippen molar-refractivity contribution in [2.45, 2.75) is 59.2 Å². The van der Waals surface area contributed by atoms with Crippen LogP contribution in [0.15, 0.2) is 10.6 Å². The molecule has 17 heavy (non-hydrogen) atoms. The molecule has 0 bridgehead atoms. The highest BCUT2D eigenvalue weighted by Crippen LogP contribution is 2.15. The third kappa shape index (κ3) is 4.69. The lowest BCUT2D eigenvalue weighted by Crippen LogP contribution is -2.33. The van der Waals surface area contributed by atoms with Gasteiger partial charge < -0.3 is 9.26 Å². The van der Waals surface area contributed by atoms with Gasteiger partial charge in [0, 0.05) is 6.07 Å². The number of rotatable bonds is 5. The van der Waals surface area contributed by atoms with E-state index in [1.807, 2.05) is 34.6 Å². The predicted molar refractivity (Wildman–Crippen MR) is 64.9 cm³/mol. The summed E-state index contributed by atoms with van der Waals surface area (Å²) >= 11 is 0. The first-order valence-corrected chi connectivity index (χ1v) is 5.94. The van der Waals surface area contributed by atoms with Gasteiger partial charge in [-0.25, -0.2) is 0 Å². The third-order valence-corrected chi connectivity index (χ3v) is 2.26. The summed E-state index contributed by atoms with van der Waals surface area (Å²) < 4.78 is 10.7. The van der Waals surface area contributed by atoms with Crippen molar-refractivity contribution in [2.24, 2.45) is 0 Å². The Labute approximate surface area is 102 Å². The summed E-state index contributed by atoms with van der Waals surface area (Å²) in [6.07, 6.45) is 0.575. The summed E-state index contributed by atoms with van der Waals surface area (Å²) in [5.74, 6) is 0.772. The lowest BCUT2D eigenvalue weighted by atomic mass is 10.1. The third-order valence-electron chi connectivity index (χ3n) is 2.26. The molecule has 0 aliphatic carbocycles. The van der Waals surface area contributed by atoms with Crippen LogP contribution in [-0.4, -0.2) is 22.6 Å². The highest BCUT2D eigenvalue weighted by Gasteiger charge is 2.24. The molecule has 0 amide bonds. The Morgan fingerprint density at radius 2 is 2.18 bits per heavy atom. The molecular weight excluding hydrogens is 218 g/mol. The van der Waals surface area contributed by atoms with E-state index >= 15 is 0 Å². The molecule has 1 aromatic heterocycles. The van der Waals surface area contributed by atoms with E-state index in [0.717, 1.165) is 5.76 Å². The first-order chi connectivity index (χ1) is 7.81. The molecule has 96 valence electrons. The van der Waals surface area contributed by atoms with Gasteiger partial charge in [0.15, 0.2) is 5.78 Å². The predicted octanol–water partition coefficient (Wildman–Crippen LogP) is 2.69. The van der Waals surface area contributed by atoms with Crippen LogP contribution in [0, 0.1) is 6.92 Å². The average Bonchev–Trinajstić information content (AvgIpc) is 2.59. The van der Waals surface area contributed by atoms with Crippen molar-refractivity contribution in [1.82, 2.24) is 5.16 Å². The highest BCUT2D eigenvalue weighted by molar-refractivity contribution is 5.84. The van der Waals surface area contributed by atoms with E-state index in [0.29, 0.717) is 12.1 Å². The van der Waals surface area contributed by atoms with Gasteiger partial charge in [-0.2, -0.15) is 0 Å². The number of ketones is 1. The zero-order chi connectivity index (χ0) is 13.1. The Hall–Kier alpha value is -1.16. The molecule has 1 aromatic rings. The Balaban J connectivity index is 2.61. The van der Waals surface area contributed by atoms with E-state index in [9.17, 15) is 4.79 Å². The summed E-state index contributed by atoms with van der Waals surface area (Å²) in [6, 6.07) is 1.78. The first-order valence-electron chi connectivity index (χ1n) is 5.94. The minimum atomic E-state index is -0.369. The molecule has 0 radical (unpaired) electrons. The molecule has 0 N–H and O–H groups in total. The maximum atomic E-state index is 12.0. The molecule has 4 nitrogen and oxygen atoms in total. The quantitative estimate of drug-likeness (QED) is 0.792. The van der Waals surface area contributed by atoms with Crippen LogP contribution in [0.5, 0.6) is 0 Å². The van der Waals surface area contributed by atoms with E-state index in [4.69, 9.17) is 9.26 Å². The highest BCUT2D eigenvalue weighted by atomic mass is 16.5. The largest absolute Gasteiger partial charge is 0.365 e. The number of carbonyl (C=O) groups excluding carboxylic acids is 1. The number of aryl methyl sites for hydroxylation is 1. The summed E-state index contributed by atoms with van der Waals surface area (Å²) in [5.41, 5.74) is 0.360. The minimum absolute atomic E-state index is 0.0516. The van der Waals surface area contributed by atoms with Crippen molar-refractivity contribution in [3.05, 3.63) is 17.5 Å². The molecule has 1 heterocycles. The fourth-order valence-electron chi connectivity index (χ4n) is 1.60. The van der Waals surface area contributed by atoms with Crippen molar-refractivity contribution in [3.63, 3.8) is 0 Å². The number of hydrogen-bond acceptors (Lipinski definition) is 4. The van der Waals surface area contributed by atoms with E-state index in [2.05, 4.69) is 5.16 Å². The standard InChI is InChI=1S/C13H21NO3/c1-6-12(16-13(3,4)5)11(15)8-10-7-9(2)17-14-10/h7,12H,6,8H2,1-5H3. The van der Waals surface area contributed by atoms with Crippen molar-refractivity contribution in [3.8, 4) is 0 Å². The van der Waals surface area contributed by atoms with Gasteiger partial charge >= 0.3 is 0 Å². The van der Waals surface area contributed by atoms with Crippen LogP contribution in [0.3, 0.4) is 0 Å². The minimum Gasteiger partial charge on any atom is -0.365 e. The van der Waals surface area contributed by atoms with Crippen LogP contribution < -0.4 is 0 Å². The van der Waals surface area contributed by atoms with E-state index in [1.54, 1.807) is 6.07 Å². The Morgan fingerprint density at radius 1 is 1.53 bits per heavy atom. The number of carbonyl (C=O) groups is 1. The number of Topliss-reactive ketones (excluding diaryl/α,β-unsaturated/α-hetero) is 1. The molecular formula is C13H21NO3. The van der Waals surface area contributed by atoms with Gasteiger partial charge in [-0.15, -0.1) is 0 Å². The molecule has 0 aliphatic heterocycles. The second kappa shape index (κ2) is 5.45. The van der Waals surface area contributed by atoms with E-state index in [-0.39, 0.29) is 23.9 Å². The zero-order valence-electron chi connectivity index (χ0n) is 11.2. The second-order valence-corrected chi connectivity index (χ2v) is 5.20. The molecule has 1 atom stereocenters. The van der Waals surface area contributed by atoms with Gasteiger partial charge in [-0.05, 0) is 34.1 Å². The van der Waals surface area contributed by atoms with Crippen molar-refractivity contribution < 1.29 is 14.1 Å². The smallest absolute Gasteiger partial charge is 0.167 e. The lowest BCUT2D eigenvalue weighted by molar-refractivity contribution is -0.139. The van der Waals surface area contributed by atoms with Crippen LogP contribution in [0.2, 0.25) is 0 Å². The van der Waals surface area contributed by atoms with Gasteiger partial charge in [0.1, 0.15) is 11.9 Å². The van der Waals surface area contributed by atoms with Crippen molar-refractivity contribution in [1.29, 1.82) is 0 Å². The summed E-state index contributed by atoms with van der Waals surface area (Å²) in [7, 11) is 0. The van der Waals surface area contributed by atoms with Gasteiger partial charge in [0.2, 0.25) is 0 Å². The van der Waals surface area contributed by atoms with Crippen LogP contribution >= 0.6 is 0 Å². The SMILES string of the molecule is CCC(OC(C)(C)C)C(=O)Cc1cc(C)on1.